The predicted octanol–water partition coefficient (Wildman–Crippen LogP) is 3.67. The van der Waals surface area contributed by atoms with Crippen LogP contribution >= 0.6 is 11.6 Å². The van der Waals surface area contributed by atoms with Gasteiger partial charge in [0.25, 0.3) is 0 Å². The van der Waals surface area contributed by atoms with E-state index < -0.39 is 0 Å². The fourth-order valence-corrected chi connectivity index (χ4v) is 2.20. The Morgan fingerprint density at radius 3 is 2.95 bits per heavy atom. The van der Waals surface area contributed by atoms with Crippen LogP contribution in [0.25, 0.3) is 10.9 Å². The Hall–Kier alpha value is -2.58. The van der Waals surface area contributed by atoms with Gasteiger partial charge in [0.1, 0.15) is 11.6 Å². The Bertz CT molecular complexity index is 850. The van der Waals surface area contributed by atoms with E-state index in [0.717, 1.165) is 11.1 Å². The Morgan fingerprint density at radius 1 is 1.38 bits per heavy atom. The number of fused-ring (bicyclic) bond motifs is 1. The summed E-state index contributed by atoms with van der Waals surface area (Å²) in [6, 6.07) is 9.13. The van der Waals surface area contributed by atoms with Gasteiger partial charge in [-0.25, -0.2) is 9.97 Å². The number of rotatable bonds is 3. The summed E-state index contributed by atoms with van der Waals surface area (Å²) in [5, 5.41) is 13.7. The molecule has 0 saturated heterocycles. The van der Waals surface area contributed by atoms with E-state index in [-0.39, 0.29) is 0 Å². The number of pyridine rings is 1. The smallest absolute Gasteiger partial charge is 0.213 e. The highest BCUT2D eigenvalue weighted by Crippen LogP contribution is 2.24. The average Bonchev–Trinajstić information content (AvgIpc) is 2.90. The van der Waals surface area contributed by atoms with E-state index >= 15 is 0 Å². The van der Waals surface area contributed by atoms with Gasteiger partial charge in [-0.05, 0) is 31.2 Å². The zero-order valence-electron chi connectivity index (χ0n) is 11.2. The van der Waals surface area contributed by atoms with Crippen LogP contribution in [0.1, 0.15) is 17.2 Å². The molecule has 0 amide bonds. The molecule has 0 unspecified atom stereocenters. The normalized spacial score (nSPS) is 10.5. The van der Waals surface area contributed by atoms with Crippen LogP contribution in [0.2, 0.25) is 5.02 Å². The van der Waals surface area contributed by atoms with E-state index in [1.54, 1.807) is 30.5 Å². The molecular weight excluding hydrogens is 288 g/mol. The maximum absolute atomic E-state index is 9.26. The van der Waals surface area contributed by atoms with Crippen LogP contribution in [0.15, 0.2) is 34.9 Å². The number of hydrogen-bond acceptors (Lipinski definition) is 5. The molecule has 21 heavy (non-hydrogen) atoms. The van der Waals surface area contributed by atoms with Crippen molar-refractivity contribution in [2.75, 3.05) is 5.32 Å². The number of oxazole rings is 1. The molecule has 5 nitrogen and oxygen atoms in total. The lowest BCUT2D eigenvalue weighted by molar-refractivity contribution is 0.479. The van der Waals surface area contributed by atoms with Gasteiger partial charge in [-0.15, -0.1) is 0 Å². The third-order valence-corrected chi connectivity index (χ3v) is 3.22. The molecule has 0 atom stereocenters. The lowest BCUT2D eigenvalue weighted by Gasteiger charge is -2.07. The van der Waals surface area contributed by atoms with E-state index in [1.807, 2.05) is 6.92 Å². The molecule has 3 aromatic rings. The fraction of sp³-hybridized carbons (Fsp3) is 0.133. The van der Waals surface area contributed by atoms with Gasteiger partial charge in [0.15, 0.2) is 0 Å². The third-order valence-electron chi connectivity index (χ3n) is 2.98. The van der Waals surface area contributed by atoms with Crippen molar-refractivity contribution in [3.05, 3.63) is 52.7 Å². The molecule has 0 aliphatic heterocycles. The van der Waals surface area contributed by atoms with E-state index in [4.69, 9.17) is 16.0 Å². The van der Waals surface area contributed by atoms with Gasteiger partial charge in [-0.3, -0.25) is 0 Å². The van der Waals surface area contributed by atoms with Crippen molar-refractivity contribution in [3.63, 3.8) is 0 Å². The summed E-state index contributed by atoms with van der Waals surface area (Å²) in [6.45, 7) is 2.24. The molecule has 1 aromatic carbocycles. The van der Waals surface area contributed by atoms with E-state index in [2.05, 4.69) is 21.4 Å². The maximum Gasteiger partial charge on any atom is 0.213 e. The highest BCUT2D eigenvalue weighted by atomic mass is 35.5. The second kappa shape index (κ2) is 5.43. The second-order valence-corrected chi connectivity index (χ2v) is 4.98. The number of anilines is 1. The minimum atomic E-state index is 0.408. The molecule has 0 aliphatic rings. The molecule has 2 heterocycles. The summed E-state index contributed by atoms with van der Waals surface area (Å²) in [4.78, 5) is 8.56. The largest absolute Gasteiger partial charge is 0.444 e. The van der Waals surface area contributed by atoms with E-state index in [0.29, 0.717) is 34.4 Å². The van der Waals surface area contributed by atoms with Crippen LogP contribution in [0.5, 0.6) is 0 Å². The summed E-state index contributed by atoms with van der Waals surface area (Å²) < 4.78 is 5.38. The van der Waals surface area contributed by atoms with Gasteiger partial charge in [0, 0.05) is 10.4 Å². The molecule has 0 spiro atoms. The number of halogens is 1. The van der Waals surface area contributed by atoms with E-state index in [9.17, 15) is 5.26 Å². The standard InChI is InChI=1S/C15H11ClN4O/c1-9-7-19-15(21-9)8-18-14-4-10(6-17)12-5-11(16)2-3-13(12)20-14/h2-5,7H,8H2,1H3,(H,18,20). The first kappa shape index (κ1) is 13.4. The number of aryl methyl sites for hydroxylation is 1. The molecule has 1 N–H and O–H groups in total. The first-order valence-electron chi connectivity index (χ1n) is 6.31. The maximum atomic E-state index is 9.26. The minimum absolute atomic E-state index is 0.408. The van der Waals surface area contributed by atoms with Crippen molar-refractivity contribution < 1.29 is 4.42 Å². The molecule has 0 radical (unpaired) electrons. The van der Waals surface area contributed by atoms with Gasteiger partial charge >= 0.3 is 0 Å². The molecule has 3 rings (SSSR count). The predicted molar refractivity (Wildman–Crippen MR) is 80.0 cm³/mol. The van der Waals surface area contributed by atoms with Crippen molar-refractivity contribution in [2.24, 2.45) is 0 Å². The van der Waals surface area contributed by atoms with Crippen LogP contribution in [0.3, 0.4) is 0 Å². The zero-order chi connectivity index (χ0) is 14.8. The van der Waals surface area contributed by atoms with Crippen LogP contribution in [0.4, 0.5) is 5.82 Å². The van der Waals surface area contributed by atoms with Crippen LogP contribution in [-0.2, 0) is 6.54 Å². The summed E-state index contributed by atoms with van der Waals surface area (Å²) in [5.74, 6) is 1.92. The SMILES string of the molecule is Cc1cnc(CNc2cc(C#N)c3cc(Cl)ccc3n2)o1. The first-order chi connectivity index (χ1) is 10.2. The number of aromatic nitrogens is 2. The lowest BCUT2D eigenvalue weighted by atomic mass is 10.1. The van der Waals surface area contributed by atoms with Gasteiger partial charge in [-0.2, -0.15) is 5.26 Å². The summed E-state index contributed by atoms with van der Waals surface area (Å²) in [5.41, 5.74) is 1.23. The molecule has 104 valence electrons. The number of benzene rings is 1. The second-order valence-electron chi connectivity index (χ2n) is 4.55. The molecular formula is C15H11ClN4O. The molecule has 2 aromatic heterocycles. The monoisotopic (exact) mass is 298 g/mol. The van der Waals surface area contributed by atoms with Crippen LogP contribution in [0, 0.1) is 18.3 Å². The molecule has 0 saturated carbocycles. The van der Waals surface area contributed by atoms with Crippen molar-refractivity contribution in [1.82, 2.24) is 9.97 Å². The van der Waals surface area contributed by atoms with Gasteiger partial charge in [-0.1, -0.05) is 11.6 Å². The number of hydrogen-bond donors (Lipinski definition) is 1. The van der Waals surface area contributed by atoms with Crippen molar-refractivity contribution in [3.8, 4) is 6.07 Å². The third kappa shape index (κ3) is 2.81. The summed E-state index contributed by atoms with van der Waals surface area (Å²) >= 11 is 5.96. The number of nitrogens with one attached hydrogen (secondary N) is 1. The molecule has 6 heteroatoms. The van der Waals surface area contributed by atoms with Crippen molar-refractivity contribution in [2.45, 2.75) is 13.5 Å². The topological polar surface area (TPSA) is 74.7 Å². The first-order valence-corrected chi connectivity index (χ1v) is 6.69. The Labute approximate surface area is 126 Å². The average molecular weight is 299 g/mol. The lowest BCUT2D eigenvalue weighted by Crippen LogP contribution is -2.02. The quantitative estimate of drug-likeness (QED) is 0.798. The molecule has 0 aliphatic carbocycles. The number of nitrogens with zero attached hydrogens (tertiary/aromatic N) is 3. The van der Waals surface area contributed by atoms with Crippen molar-refractivity contribution in [1.29, 1.82) is 5.26 Å². The summed E-state index contributed by atoms with van der Waals surface area (Å²) in [6.07, 6.45) is 1.66. The minimum Gasteiger partial charge on any atom is -0.444 e. The van der Waals surface area contributed by atoms with Crippen LogP contribution in [-0.4, -0.2) is 9.97 Å². The van der Waals surface area contributed by atoms with Crippen LogP contribution < -0.4 is 5.32 Å². The Balaban J connectivity index is 1.92. The Morgan fingerprint density at radius 2 is 2.24 bits per heavy atom. The molecule has 0 bridgehead atoms. The fourth-order valence-electron chi connectivity index (χ4n) is 2.03. The van der Waals surface area contributed by atoms with Gasteiger partial charge in [0.2, 0.25) is 5.89 Å². The van der Waals surface area contributed by atoms with E-state index in [1.165, 1.54) is 0 Å². The van der Waals surface area contributed by atoms with Gasteiger partial charge in [0.05, 0.1) is 29.9 Å². The highest BCUT2D eigenvalue weighted by Gasteiger charge is 2.07. The summed E-state index contributed by atoms with van der Waals surface area (Å²) in [7, 11) is 0. The highest BCUT2D eigenvalue weighted by molar-refractivity contribution is 6.31. The number of nitriles is 1. The molecule has 0 fully saturated rings. The van der Waals surface area contributed by atoms with Crippen molar-refractivity contribution >= 4 is 28.3 Å². The van der Waals surface area contributed by atoms with Gasteiger partial charge < -0.3 is 9.73 Å². The Kier molecular flexibility index (Phi) is 3.46. The zero-order valence-corrected chi connectivity index (χ0v) is 12.0.